The van der Waals surface area contributed by atoms with Gasteiger partial charge in [0.2, 0.25) is 0 Å². The zero-order valence-electron chi connectivity index (χ0n) is 7.43. The fourth-order valence-corrected chi connectivity index (χ4v) is 0.997. The molecular weight excluding hydrogens is 188 g/mol. The molecule has 6 heteroatoms. The Labute approximate surface area is 79.4 Å². The van der Waals surface area contributed by atoms with E-state index < -0.39 is 5.97 Å². The maximum atomic E-state index is 11.0. The Morgan fingerprint density at radius 3 is 2.71 bits per heavy atom. The third-order valence-corrected chi connectivity index (χ3v) is 1.68. The first kappa shape index (κ1) is 9.97. The number of benzene rings is 1. The fraction of sp³-hybridized carbons (Fsp3) is 0.125. The fourth-order valence-electron chi connectivity index (χ4n) is 0.997. The van der Waals surface area contributed by atoms with Crippen LogP contribution in [0, 0.1) is 4.91 Å². The van der Waals surface area contributed by atoms with Gasteiger partial charge in [-0.25, -0.2) is 9.63 Å². The van der Waals surface area contributed by atoms with Crippen LogP contribution >= 0.6 is 0 Å². The number of para-hydroxylation sites is 1. The largest absolute Gasteiger partial charge is 0.478 e. The molecule has 0 aliphatic rings. The van der Waals surface area contributed by atoms with Crippen LogP contribution in [0.4, 0.5) is 11.4 Å². The summed E-state index contributed by atoms with van der Waals surface area (Å²) in [5.74, 6) is -1.19. The predicted molar refractivity (Wildman–Crippen MR) is 48.1 cm³/mol. The Balaban J connectivity index is 3.27. The number of hydrogen-bond donors (Lipinski definition) is 2. The van der Waals surface area contributed by atoms with Crippen LogP contribution in [0.25, 0.3) is 0 Å². The summed E-state index contributed by atoms with van der Waals surface area (Å²) in [4.78, 5) is 26.2. The Morgan fingerprint density at radius 2 is 2.21 bits per heavy atom. The molecule has 0 fully saturated rings. The van der Waals surface area contributed by atoms with Crippen molar-refractivity contribution in [2.45, 2.75) is 0 Å². The molecule has 0 bridgehead atoms. The van der Waals surface area contributed by atoms with E-state index in [1.54, 1.807) is 0 Å². The van der Waals surface area contributed by atoms with Crippen LogP contribution in [0.1, 0.15) is 10.4 Å². The predicted octanol–water partition coefficient (Wildman–Crippen LogP) is 0.939. The van der Waals surface area contributed by atoms with Crippen LogP contribution < -0.4 is 5.73 Å². The summed E-state index contributed by atoms with van der Waals surface area (Å²) in [6.07, 6.45) is 0. The van der Waals surface area contributed by atoms with Gasteiger partial charge in [-0.2, -0.15) is 0 Å². The molecule has 14 heavy (non-hydrogen) atoms. The van der Waals surface area contributed by atoms with E-state index in [9.17, 15) is 9.70 Å². The highest BCUT2D eigenvalue weighted by Crippen LogP contribution is 2.24. The Morgan fingerprint density at radius 1 is 1.57 bits per heavy atom. The molecule has 6 nitrogen and oxygen atoms in total. The minimum absolute atomic E-state index is 0.0209. The number of carbonyl (C=O) groups is 1. The van der Waals surface area contributed by atoms with Crippen LogP contribution in [0.15, 0.2) is 18.2 Å². The van der Waals surface area contributed by atoms with Gasteiger partial charge in [-0.3, -0.25) is 0 Å². The molecule has 0 spiro atoms. The van der Waals surface area contributed by atoms with Gasteiger partial charge >= 0.3 is 11.7 Å². The molecule has 0 aliphatic carbocycles. The smallest absolute Gasteiger partial charge is 0.340 e. The van der Waals surface area contributed by atoms with Crippen molar-refractivity contribution < 1.29 is 19.7 Å². The average Bonchev–Trinajstić information content (AvgIpc) is 2.16. The Bertz CT molecular complexity index is 389. The van der Waals surface area contributed by atoms with Crippen LogP contribution in [0.3, 0.4) is 0 Å². The average molecular weight is 197 g/mol. The summed E-state index contributed by atoms with van der Waals surface area (Å²) < 4.78 is 0. The summed E-state index contributed by atoms with van der Waals surface area (Å²) in [5, 5.41) is 8.70. The van der Waals surface area contributed by atoms with Crippen molar-refractivity contribution in [3.63, 3.8) is 0 Å². The van der Waals surface area contributed by atoms with Crippen LogP contribution in [-0.2, 0) is 4.84 Å². The minimum atomic E-state index is -1.19. The first-order chi connectivity index (χ1) is 6.57. The molecular formula is C8H9N2O4+. The molecule has 0 aliphatic heterocycles. The lowest BCUT2D eigenvalue weighted by molar-refractivity contribution is -0.736. The van der Waals surface area contributed by atoms with E-state index in [0.717, 1.165) is 0 Å². The second kappa shape index (κ2) is 3.73. The van der Waals surface area contributed by atoms with Crippen molar-refractivity contribution >= 4 is 17.3 Å². The zero-order valence-corrected chi connectivity index (χ0v) is 7.43. The molecule has 3 N–H and O–H groups in total. The molecule has 0 atom stereocenters. The quantitative estimate of drug-likeness (QED) is 0.555. The first-order valence-corrected chi connectivity index (χ1v) is 3.71. The summed E-state index contributed by atoms with van der Waals surface area (Å²) in [6, 6.07) is 4.10. The summed E-state index contributed by atoms with van der Waals surface area (Å²) in [7, 11) is 1.17. The standard InChI is InChI=1S/C8H8N2O4/c1-14-10(13)6-4-2-3-5(7(6)9)8(11)12/h2-4H,1H3,(H2-,9,11,12,13)/p+1. The van der Waals surface area contributed by atoms with Crippen LogP contribution in [0.2, 0.25) is 0 Å². The summed E-state index contributed by atoms with van der Waals surface area (Å²) in [6.45, 7) is 0. The van der Waals surface area contributed by atoms with Gasteiger partial charge in [0, 0.05) is 6.07 Å². The second-order valence-electron chi connectivity index (χ2n) is 2.48. The molecule has 1 rings (SSSR count). The lowest BCUT2D eigenvalue weighted by Gasteiger charge is -1.98. The van der Waals surface area contributed by atoms with Crippen molar-refractivity contribution in [3.05, 3.63) is 28.7 Å². The second-order valence-corrected chi connectivity index (χ2v) is 2.48. The highest BCUT2D eigenvalue weighted by molar-refractivity contribution is 5.95. The van der Waals surface area contributed by atoms with Gasteiger partial charge in [0.15, 0.2) is 7.11 Å². The number of nitrogens with zero attached hydrogens (tertiary/aromatic N) is 1. The van der Waals surface area contributed by atoms with Gasteiger partial charge in [-0.05, 0) is 6.07 Å². The molecule has 74 valence electrons. The number of carboxylic acids is 1. The van der Waals surface area contributed by atoms with E-state index in [1.807, 2.05) is 0 Å². The Hall–Kier alpha value is -2.11. The van der Waals surface area contributed by atoms with Gasteiger partial charge in [0.25, 0.3) is 4.92 Å². The molecule has 0 unspecified atom stereocenters. The third-order valence-electron chi connectivity index (χ3n) is 1.68. The lowest BCUT2D eigenvalue weighted by atomic mass is 10.1. The molecule has 0 saturated carbocycles. The molecule has 0 radical (unpaired) electrons. The number of aromatic carboxylic acids is 1. The van der Waals surface area contributed by atoms with Crippen molar-refractivity contribution in [2.75, 3.05) is 12.8 Å². The SMILES string of the molecule is CO[N+](=O)c1cccc(C(=O)O)c1N. The molecule has 0 aromatic heterocycles. The number of carboxylic acid groups (broad SMARTS) is 1. The minimum Gasteiger partial charge on any atom is -0.478 e. The number of rotatable bonds is 3. The van der Waals surface area contributed by atoms with Gasteiger partial charge in [0.1, 0.15) is 5.69 Å². The molecule has 1 aromatic rings. The van der Waals surface area contributed by atoms with Gasteiger partial charge in [0.05, 0.1) is 10.5 Å². The van der Waals surface area contributed by atoms with E-state index in [2.05, 4.69) is 4.84 Å². The highest BCUT2D eigenvalue weighted by atomic mass is 16.8. The van der Waals surface area contributed by atoms with E-state index in [1.165, 1.54) is 25.3 Å². The van der Waals surface area contributed by atoms with Crippen molar-refractivity contribution in [3.8, 4) is 0 Å². The highest BCUT2D eigenvalue weighted by Gasteiger charge is 2.23. The summed E-state index contributed by atoms with van der Waals surface area (Å²) >= 11 is 0. The number of nitrogens with two attached hydrogens (primary N) is 1. The van der Waals surface area contributed by atoms with Crippen LogP contribution in [0.5, 0.6) is 0 Å². The van der Waals surface area contributed by atoms with E-state index in [4.69, 9.17) is 10.8 Å². The van der Waals surface area contributed by atoms with Gasteiger partial charge < -0.3 is 10.8 Å². The van der Waals surface area contributed by atoms with E-state index >= 15 is 0 Å². The van der Waals surface area contributed by atoms with Crippen molar-refractivity contribution in [1.29, 1.82) is 0 Å². The molecule has 0 heterocycles. The maximum absolute atomic E-state index is 11.0. The lowest BCUT2D eigenvalue weighted by Crippen LogP contribution is -2.07. The first-order valence-electron chi connectivity index (χ1n) is 3.71. The molecule has 1 aromatic carbocycles. The zero-order chi connectivity index (χ0) is 10.7. The van der Waals surface area contributed by atoms with E-state index in [0.29, 0.717) is 0 Å². The van der Waals surface area contributed by atoms with E-state index in [-0.39, 0.29) is 21.9 Å². The third kappa shape index (κ3) is 1.63. The van der Waals surface area contributed by atoms with Crippen LogP contribution in [-0.4, -0.2) is 23.1 Å². The topological polar surface area (TPSA) is 92.6 Å². The molecule has 0 amide bonds. The van der Waals surface area contributed by atoms with Gasteiger partial charge in [-0.1, -0.05) is 6.07 Å². The maximum Gasteiger partial charge on any atom is 0.340 e. The number of anilines is 1. The van der Waals surface area contributed by atoms with Gasteiger partial charge in [-0.15, -0.1) is 0 Å². The molecule has 0 saturated heterocycles. The van der Waals surface area contributed by atoms with Crippen molar-refractivity contribution in [2.24, 2.45) is 0 Å². The monoisotopic (exact) mass is 197 g/mol. The number of nitrogen functional groups attached to an aromatic ring is 1. The summed E-state index contributed by atoms with van der Waals surface area (Å²) in [5.41, 5.74) is 5.20. The normalized spacial score (nSPS) is 9.50. The van der Waals surface area contributed by atoms with Crippen molar-refractivity contribution in [1.82, 2.24) is 0 Å². The Kier molecular flexibility index (Phi) is 2.66. The number of hydrogen-bond acceptors (Lipinski definition) is 4.